The standard InChI is InChI=1S/C20H26N8O/c1-14-25-26-19(27(14)2)13-22-20(21-12-15-8-10-23-28(15)3)24-17-9-11-29-18-7-5-4-6-16(17)18/h4-8,10,17H,9,11-13H2,1-3H3,(H2,21,22,24). The fourth-order valence-electron chi connectivity index (χ4n) is 3.29. The molecular weight excluding hydrogens is 368 g/mol. The van der Waals surface area contributed by atoms with E-state index in [1.54, 1.807) is 6.20 Å². The van der Waals surface area contributed by atoms with E-state index in [1.165, 1.54) is 0 Å². The Balaban J connectivity index is 1.53. The SMILES string of the molecule is Cc1nnc(CNC(=NCc2ccnn2C)NC2CCOc3ccccc32)n1C. The van der Waals surface area contributed by atoms with Gasteiger partial charge in [0.05, 0.1) is 31.4 Å². The summed E-state index contributed by atoms with van der Waals surface area (Å²) < 4.78 is 9.58. The third kappa shape index (κ3) is 4.23. The van der Waals surface area contributed by atoms with Gasteiger partial charge in [-0.3, -0.25) is 4.68 Å². The fourth-order valence-corrected chi connectivity index (χ4v) is 3.29. The van der Waals surface area contributed by atoms with Crippen LogP contribution in [0.1, 0.15) is 35.4 Å². The molecule has 1 atom stereocenters. The predicted molar refractivity (Wildman–Crippen MR) is 109 cm³/mol. The number of guanidine groups is 1. The van der Waals surface area contributed by atoms with E-state index in [9.17, 15) is 0 Å². The Hall–Kier alpha value is -3.36. The van der Waals surface area contributed by atoms with Crippen LogP contribution in [0, 0.1) is 6.92 Å². The van der Waals surface area contributed by atoms with Crippen LogP contribution in [0.3, 0.4) is 0 Å². The number of hydrogen-bond donors (Lipinski definition) is 2. The molecule has 1 aliphatic heterocycles. The van der Waals surface area contributed by atoms with E-state index in [4.69, 9.17) is 9.73 Å². The normalized spacial score (nSPS) is 16.2. The largest absolute Gasteiger partial charge is 0.493 e. The molecule has 0 saturated carbocycles. The van der Waals surface area contributed by atoms with E-state index in [0.29, 0.717) is 25.7 Å². The Bertz CT molecular complexity index is 1010. The molecular formula is C20H26N8O. The average Bonchev–Trinajstić information content (AvgIpc) is 3.29. The second kappa shape index (κ2) is 8.34. The molecule has 0 radical (unpaired) electrons. The first kappa shape index (κ1) is 19.0. The maximum absolute atomic E-state index is 5.78. The van der Waals surface area contributed by atoms with Crippen molar-refractivity contribution in [2.45, 2.75) is 32.5 Å². The molecule has 29 heavy (non-hydrogen) atoms. The molecule has 0 bridgehead atoms. The summed E-state index contributed by atoms with van der Waals surface area (Å²) in [7, 11) is 3.88. The summed E-state index contributed by atoms with van der Waals surface area (Å²) in [5.41, 5.74) is 2.18. The van der Waals surface area contributed by atoms with Gasteiger partial charge in [0.2, 0.25) is 0 Å². The van der Waals surface area contributed by atoms with Crippen molar-refractivity contribution < 1.29 is 4.74 Å². The molecule has 0 fully saturated rings. The number of aromatic nitrogens is 5. The first-order chi connectivity index (χ1) is 14.1. The topological polar surface area (TPSA) is 94.2 Å². The van der Waals surface area contributed by atoms with Gasteiger partial charge in [-0.25, -0.2) is 4.99 Å². The van der Waals surface area contributed by atoms with Gasteiger partial charge in [0.1, 0.15) is 11.6 Å². The van der Waals surface area contributed by atoms with E-state index >= 15 is 0 Å². The zero-order valence-corrected chi connectivity index (χ0v) is 17.0. The zero-order valence-electron chi connectivity index (χ0n) is 17.0. The number of rotatable bonds is 5. The van der Waals surface area contributed by atoms with E-state index < -0.39 is 0 Å². The van der Waals surface area contributed by atoms with Gasteiger partial charge in [-0.05, 0) is 19.1 Å². The maximum atomic E-state index is 5.78. The highest BCUT2D eigenvalue weighted by Crippen LogP contribution is 2.31. The summed E-state index contributed by atoms with van der Waals surface area (Å²) in [6.07, 6.45) is 2.65. The Morgan fingerprint density at radius 2 is 2.10 bits per heavy atom. The van der Waals surface area contributed by atoms with E-state index in [0.717, 1.165) is 35.1 Å². The van der Waals surface area contributed by atoms with Gasteiger partial charge in [-0.2, -0.15) is 5.10 Å². The molecule has 9 heteroatoms. The zero-order chi connectivity index (χ0) is 20.2. The summed E-state index contributed by atoms with van der Waals surface area (Å²) in [4.78, 5) is 4.78. The Morgan fingerprint density at radius 1 is 1.24 bits per heavy atom. The number of hydrogen-bond acceptors (Lipinski definition) is 5. The highest BCUT2D eigenvalue weighted by atomic mass is 16.5. The molecule has 0 aliphatic carbocycles. The lowest BCUT2D eigenvalue weighted by Crippen LogP contribution is -2.41. The van der Waals surface area contributed by atoms with E-state index in [2.05, 4.69) is 32.0 Å². The molecule has 152 valence electrons. The monoisotopic (exact) mass is 394 g/mol. The van der Waals surface area contributed by atoms with Gasteiger partial charge in [0.25, 0.3) is 0 Å². The van der Waals surface area contributed by atoms with Crippen LogP contribution in [-0.4, -0.2) is 37.1 Å². The second-order valence-electron chi connectivity index (χ2n) is 7.06. The lowest BCUT2D eigenvalue weighted by atomic mass is 10.0. The summed E-state index contributed by atoms with van der Waals surface area (Å²) in [5.74, 6) is 3.37. The van der Waals surface area contributed by atoms with E-state index in [1.807, 2.05) is 54.5 Å². The number of nitrogens with zero attached hydrogens (tertiary/aromatic N) is 6. The number of aryl methyl sites for hydroxylation is 2. The minimum atomic E-state index is 0.124. The molecule has 0 spiro atoms. The Morgan fingerprint density at radius 3 is 2.86 bits per heavy atom. The molecule has 3 aromatic rings. The van der Waals surface area contributed by atoms with Gasteiger partial charge in [-0.1, -0.05) is 18.2 Å². The molecule has 3 heterocycles. The summed E-state index contributed by atoms with van der Waals surface area (Å²) in [6.45, 7) is 3.66. The first-order valence-corrected chi connectivity index (χ1v) is 9.70. The van der Waals surface area contributed by atoms with Crippen molar-refractivity contribution in [3.8, 4) is 5.75 Å². The smallest absolute Gasteiger partial charge is 0.192 e. The minimum Gasteiger partial charge on any atom is -0.493 e. The maximum Gasteiger partial charge on any atom is 0.192 e. The third-order valence-electron chi connectivity index (χ3n) is 5.19. The van der Waals surface area contributed by atoms with Crippen molar-refractivity contribution in [1.82, 2.24) is 35.2 Å². The summed E-state index contributed by atoms with van der Waals surface area (Å²) in [6, 6.07) is 10.2. The number of para-hydroxylation sites is 1. The van der Waals surface area contributed by atoms with Crippen LogP contribution in [0.2, 0.25) is 0 Å². The Kier molecular flexibility index (Phi) is 5.46. The molecule has 0 saturated heterocycles. The molecule has 2 N–H and O–H groups in total. The van der Waals surface area contributed by atoms with Crippen LogP contribution in [-0.2, 0) is 27.2 Å². The molecule has 2 aromatic heterocycles. The van der Waals surface area contributed by atoms with Gasteiger partial charge < -0.3 is 19.9 Å². The van der Waals surface area contributed by atoms with Gasteiger partial charge in [0, 0.05) is 32.3 Å². The van der Waals surface area contributed by atoms with Gasteiger partial charge in [-0.15, -0.1) is 10.2 Å². The Labute approximate surface area is 169 Å². The highest BCUT2D eigenvalue weighted by molar-refractivity contribution is 5.80. The average molecular weight is 394 g/mol. The van der Waals surface area contributed by atoms with Crippen molar-refractivity contribution in [3.63, 3.8) is 0 Å². The lowest BCUT2D eigenvalue weighted by molar-refractivity contribution is 0.261. The van der Waals surface area contributed by atoms with Crippen LogP contribution in [0.5, 0.6) is 5.75 Å². The van der Waals surface area contributed by atoms with E-state index in [-0.39, 0.29) is 6.04 Å². The van der Waals surface area contributed by atoms with Crippen molar-refractivity contribution in [2.75, 3.05) is 6.61 Å². The van der Waals surface area contributed by atoms with Crippen molar-refractivity contribution in [3.05, 3.63) is 59.4 Å². The first-order valence-electron chi connectivity index (χ1n) is 9.70. The van der Waals surface area contributed by atoms with Crippen molar-refractivity contribution in [1.29, 1.82) is 0 Å². The highest BCUT2D eigenvalue weighted by Gasteiger charge is 2.22. The van der Waals surface area contributed by atoms with Crippen LogP contribution >= 0.6 is 0 Å². The van der Waals surface area contributed by atoms with Crippen LogP contribution in [0.25, 0.3) is 0 Å². The fraction of sp³-hybridized carbons (Fsp3) is 0.400. The second-order valence-corrected chi connectivity index (χ2v) is 7.06. The summed E-state index contributed by atoms with van der Waals surface area (Å²) >= 11 is 0. The predicted octanol–water partition coefficient (Wildman–Crippen LogP) is 1.62. The quantitative estimate of drug-likeness (QED) is 0.504. The molecule has 9 nitrogen and oxygen atoms in total. The molecule has 0 amide bonds. The van der Waals surface area contributed by atoms with Crippen molar-refractivity contribution in [2.24, 2.45) is 19.1 Å². The molecule has 4 rings (SSSR count). The van der Waals surface area contributed by atoms with Gasteiger partial charge >= 0.3 is 0 Å². The van der Waals surface area contributed by atoms with Gasteiger partial charge in [0.15, 0.2) is 11.8 Å². The van der Waals surface area contributed by atoms with Crippen LogP contribution in [0.4, 0.5) is 0 Å². The minimum absolute atomic E-state index is 0.124. The number of aliphatic imine (C=N–C) groups is 1. The molecule has 1 unspecified atom stereocenters. The lowest BCUT2D eigenvalue weighted by Gasteiger charge is -2.28. The summed E-state index contributed by atoms with van der Waals surface area (Å²) in [5, 5.41) is 19.5. The van der Waals surface area contributed by atoms with Crippen LogP contribution in [0.15, 0.2) is 41.5 Å². The molecule has 1 aliphatic rings. The van der Waals surface area contributed by atoms with Crippen LogP contribution < -0.4 is 15.4 Å². The number of ether oxygens (including phenoxy) is 1. The van der Waals surface area contributed by atoms with Crippen molar-refractivity contribution >= 4 is 5.96 Å². The molecule has 1 aromatic carbocycles. The third-order valence-corrected chi connectivity index (χ3v) is 5.19. The number of nitrogens with one attached hydrogen (secondary N) is 2. The number of benzene rings is 1. The number of fused-ring (bicyclic) bond motifs is 1.